The summed E-state index contributed by atoms with van der Waals surface area (Å²) in [5, 5.41) is 12.7. The largest absolute Gasteiger partial charge is 0.455 e. The Kier molecular flexibility index (Phi) is 5.37. The molecular weight excluding hydrogens is 378 g/mol. The highest BCUT2D eigenvalue weighted by molar-refractivity contribution is 6.33. The van der Waals surface area contributed by atoms with Crippen LogP contribution in [0, 0.1) is 17.1 Å². The second kappa shape index (κ2) is 7.17. The summed E-state index contributed by atoms with van der Waals surface area (Å²) in [6.45, 7) is 0. The van der Waals surface area contributed by atoms with Crippen LogP contribution in [0.4, 0.5) is 17.6 Å². The zero-order valence-corrected chi connectivity index (χ0v) is 14.1. The molecular formula is C16H10ClF4N3O2. The highest BCUT2D eigenvalue weighted by atomic mass is 35.5. The van der Waals surface area contributed by atoms with E-state index in [9.17, 15) is 27.6 Å². The summed E-state index contributed by atoms with van der Waals surface area (Å²) in [7, 11) is 2.75. The molecule has 2 rings (SSSR count). The lowest BCUT2D eigenvalue weighted by atomic mass is 10.0. The molecule has 1 heterocycles. The van der Waals surface area contributed by atoms with Gasteiger partial charge in [0.1, 0.15) is 23.1 Å². The molecule has 10 heteroatoms. The topological polar surface area (TPSA) is 70.1 Å². The molecule has 0 fully saturated rings. The van der Waals surface area contributed by atoms with Gasteiger partial charge in [-0.15, -0.1) is 0 Å². The first-order valence-electron chi connectivity index (χ1n) is 6.92. The minimum Gasteiger partial charge on any atom is -0.383 e. The van der Waals surface area contributed by atoms with Gasteiger partial charge in [0.25, 0.3) is 5.78 Å². The van der Waals surface area contributed by atoms with E-state index < -0.39 is 40.4 Å². The van der Waals surface area contributed by atoms with E-state index in [1.807, 2.05) is 0 Å². The van der Waals surface area contributed by atoms with Crippen LogP contribution in [0.15, 0.2) is 28.9 Å². The molecule has 0 atom stereocenters. The Balaban J connectivity index is 2.73. The number of nitriles is 1. The molecule has 136 valence electrons. The molecule has 2 aromatic rings. The van der Waals surface area contributed by atoms with Gasteiger partial charge in [0.15, 0.2) is 5.76 Å². The molecule has 5 nitrogen and oxygen atoms in total. The van der Waals surface area contributed by atoms with Gasteiger partial charge in [0.05, 0.1) is 16.2 Å². The van der Waals surface area contributed by atoms with E-state index in [1.165, 1.54) is 31.1 Å². The maximum Gasteiger partial charge on any atom is 0.455 e. The van der Waals surface area contributed by atoms with E-state index in [1.54, 1.807) is 6.07 Å². The third-order valence-electron chi connectivity index (χ3n) is 3.14. The lowest BCUT2D eigenvalue weighted by Gasteiger charge is -2.11. The highest BCUT2D eigenvalue weighted by Gasteiger charge is 2.43. The van der Waals surface area contributed by atoms with E-state index in [-0.39, 0.29) is 10.6 Å². The summed E-state index contributed by atoms with van der Waals surface area (Å²) in [6.07, 6.45) is -4.37. The van der Waals surface area contributed by atoms with E-state index in [4.69, 9.17) is 16.1 Å². The molecule has 1 aromatic carbocycles. The summed E-state index contributed by atoms with van der Waals surface area (Å²) >= 11 is 5.90. The number of hydrogen-bond donors (Lipinski definition) is 0. The van der Waals surface area contributed by atoms with Crippen molar-refractivity contribution in [3.63, 3.8) is 0 Å². The number of nitrogens with zero attached hydrogens (tertiary/aromatic N) is 3. The first-order valence-corrected chi connectivity index (χ1v) is 7.30. The van der Waals surface area contributed by atoms with Crippen molar-refractivity contribution < 1.29 is 26.9 Å². The molecule has 0 aliphatic heterocycles. The minimum absolute atomic E-state index is 0.123. The maximum atomic E-state index is 14.1. The third kappa shape index (κ3) is 3.70. The summed E-state index contributed by atoms with van der Waals surface area (Å²) in [5.41, 5.74) is -2.19. The number of allylic oxidation sites excluding steroid dienone is 1. The van der Waals surface area contributed by atoms with Crippen LogP contribution in [0.3, 0.4) is 0 Å². The van der Waals surface area contributed by atoms with Gasteiger partial charge in [-0.05, 0) is 12.1 Å². The molecule has 0 saturated carbocycles. The van der Waals surface area contributed by atoms with E-state index in [0.29, 0.717) is 0 Å². The Morgan fingerprint density at radius 2 is 2.04 bits per heavy atom. The van der Waals surface area contributed by atoms with Crippen molar-refractivity contribution in [1.29, 1.82) is 5.26 Å². The second-order valence-electron chi connectivity index (χ2n) is 5.28. The Hall–Kier alpha value is -2.86. The van der Waals surface area contributed by atoms with Crippen LogP contribution >= 0.6 is 11.6 Å². The van der Waals surface area contributed by atoms with Gasteiger partial charge in [0, 0.05) is 20.3 Å². The molecule has 0 radical (unpaired) electrons. The minimum atomic E-state index is -5.21. The molecule has 0 bridgehead atoms. The van der Waals surface area contributed by atoms with Gasteiger partial charge in [-0.3, -0.25) is 4.79 Å². The number of hydrogen-bond acceptors (Lipinski definition) is 5. The first kappa shape index (κ1) is 19.5. The van der Waals surface area contributed by atoms with Crippen LogP contribution in [0.5, 0.6) is 0 Å². The number of halogens is 5. The van der Waals surface area contributed by atoms with Crippen LogP contribution in [0.25, 0.3) is 16.8 Å². The van der Waals surface area contributed by atoms with Crippen molar-refractivity contribution in [2.24, 2.45) is 0 Å². The number of aromatic nitrogens is 1. The number of ketones is 1. The summed E-state index contributed by atoms with van der Waals surface area (Å²) in [6, 6.07) is 5.25. The summed E-state index contributed by atoms with van der Waals surface area (Å²) < 4.78 is 57.6. The van der Waals surface area contributed by atoms with Crippen molar-refractivity contribution in [1.82, 2.24) is 10.1 Å². The molecule has 0 aliphatic carbocycles. The smallest absolute Gasteiger partial charge is 0.383 e. The van der Waals surface area contributed by atoms with Gasteiger partial charge in [0.2, 0.25) is 0 Å². The fourth-order valence-electron chi connectivity index (χ4n) is 2.10. The maximum absolute atomic E-state index is 14.1. The lowest BCUT2D eigenvalue weighted by Crippen LogP contribution is -2.25. The Bertz CT molecular complexity index is 906. The van der Waals surface area contributed by atoms with Crippen molar-refractivity contribution in [3.05, 3.63) is 46.6 Å². The van der Waals surface area contributed by atoms with Crippen LogP contribution in [-0.2, 0) is 4.79 Å². The van der Waals surface area contributed by atoms with Gasteiger partial charge in [-0.1, -0.05) is 22.8 Å². The Morgan fingerprint density at radius 1 is 1.38 bits per heavy atom. The molecule has 0 saturated heterocycles. The van der Waals surface area contributed by atoms with Crippen LogP contribution in [0.1, 0.15) is 11.3 Å². The monoisotopic (exact) mass is 387 g/mol. The quantitative estimate of drug-likeness (QED) is 0.585. The van der Waals surface area contributed by atoms with Crippen LogP contribution in [-0.4, -0.2) is 36.1 Å². The highest BCUT2D eigenvalue weighted by Crippen LogP contribution is 2.37. The molecule has 0 aliphatic rings. The van der Waals surface area contributed by atoms with Crippen molar-refractivity contribution in [3.8, 4) is 17.3 Å². The predicted octanol–water partition coefficient (Wildman–Crippen LogP) is 4.04. The number of Topliss-reactive ketones (excluding diaryl/α,β-unsaturated/α-hetero) is 1. The van der Waals surface area contributed by atoms with Gasteiger partial charge < -0.3 is 9.42 Å². The average molecular weight is 388 g/mol. The standard InChI is InChI=1S/C16H10ClF4N3O2/c1-24(2)7-9(15(25)16(19,20)21)14-8(6-22)13(23-26-14)12-10(17)4-3-5-11(12)18/h3-5,7H,1-2H3. The molecule has 1 aromatic heterocycles. The van der Waals surface area contributed by atoms with Crippen LogP contribution in [0.2, 0.25) is 5.02 Å². The molecule has 0 amide bonds. The summed E-state index contributed by atoms with van der Waals surface area (Å²) in [4.78, 5) is 12.9. The van der Waals surface area contributed by atoms with Crippen molar-refractivity contribution in [2.75, 3.05) is 14.1 Å². The SMILES string of the molecule is CN(C)C=C(C(=O)C(F)(F)F)c1onc(-c2c(F)cccc2Cl)c1C#N. The Labute approximate surface area is 150 Å². The van der Waals surface area contributed by atoms with Gasteiger partial charge >= 0.3 is 6.18 Å². The number of carbonyl (C=O) groups excluding carboxylic acids is 1. The molecule has 0 unspecified atom stereocenters. The Morgan fingerprint density at radius 3 is 2.54 bits per heavy atom. The fraction of sp³-hybridized carbons (Fsp3) is 0.188. The summed E-state index contributed by atoms with van der Waals surface area (Å²) in [5.74, 6) is -3.81. The fourth-order valence-corrected chi connectivity index (χ4v) is 2.36. The number of benzene rings is 1. The molecule has 0 spiro atoms. The van der Waals surface area contributed by atoms with Crippen LogP contribution < -0.4 is 0 Å². The van der Waals surface area contributed by atoms with E-state index in [0.717, 1.165) is 12.3 Å². The molecule has 0 N–H and O–H groups in total. The second-order valence-corrected chi connectivity index (χ2v) is 5.68. The zero-order chi connectivity index (χ0) is 19.6. The van der Waals surface area contributed by atoms with E-state index >= 15 is 0 Å². The lowest BCUT2D eigenvalue weighted by molar-refractivity contribution is -0.164. The van der Waals surface area contributed by atoms with Gasteiger partial charge in [-0.2, -0.15) is 18.4 Å². The van der Waals surface area contributed by atoms with Crippen molar-refractivity contribution >= 4 is 23.0 Å². The third-order valence-corrected chi connectivity index (χ3v) is 3.45. The number of carbonyl (C=O) groups is 1. The normalized spacial score (nSPS) is 12.0. The van der Waals surface area contributed by atoms with Crippen molar-refractivity contribution in [2.45, 2.75) is 6.18 Å². The average Bonchev–Trinajstić information content (AvgIpc) is 2.94. The molecule has 26 heavy (non-hydrogen) atoms. The first-order chi connectivity index (χ1) is 12.1. The number of alkyl halides is 3. The number of rotatable bonds is 4. The predicted molar refractivity (Wildman–Crippen MR) is 84.3 cm³/mol. The zero-order valence-electron chi connectivity index (χ0n) is 13.4. The van der Waals surface area contributed by atoms with Gasteiger partial charge in [-0.25, -0.2) is 4.39 Å². The van der Waals surface area contributed by atoms with E-state index in [2.05, 4.69) is 5.16 Å².